The van der Waals surface area contributed by atoms with Crippen molar-refractivity contribution >= 4 is 48.8 Å². The Kier molecular flexibility index (Phi) is 7.01. The number of aromatic nitrogens is 2. The summed E-state index contributed by atoms with van der Waals surface area (Å²) in [4.78, 5) is 10.4. The summed E-state index contributed by atoms with van der Waals surface area (Å²) < 4.78 is 0. The van der Waals surface area contributed by atoms with Crippen molar-refractivity contribution in [1.82, 2.24) is 9.97 Å². The number of fused-ring (bicyclic) bond motifs is 18. The molecule has 1 unspecified atom stereocenters. The highest BCUT2D eigenvalue weighted by Crippen LogP contribution is 2.67. The Hall–Kier alpha value is -7.42. The van der Waals surface area contributed by atoms with Crippen molar-refractivity contribution in [2.24, 2.45) is 0 Å². The van der Waals surface area contributed by atoms with Crippen molar-refractivity contribution in [3.8, 4) is 33.5 Å². The monoisotopic (exact) mass is 762 g/mol. The molecule has 9 aromatic carbocycles. The molecule has 2 nitrogen and oxygen atoms in total. The zero-order valence-electron chi connectivity index (χ0n) is 33.2. The van der Waals surface area contributed by atoms with Gasteiger partial charge >= 0.3 is 0 Å². The molecule has 0 N–H and O–H groups in total. The molecule has 280 valence electrons. The predicted octanol–water partition coefficient (Wildman–Crippen LogP) is 14.5. The second kappa shape index (κ2) is 12.5. The van der Waals surface area contributed by atoms with Crippen LogP contribution in [0.25, 0.3) is 82.3 Å². The minimum atomic E-state index is -0.515. The summed E-state index contributed by atoms with van der Waals surface area (Å²) in [6.07, 6.45) is 7.92. The maximum atomic E-state index is 5.27. The predicted molar refractivity (Wildman–Crippen MR) is 249 cm³/mol. The Labute approximate surface area is 348 Å². The second-order valence-electron chi connectivity index (χ2n) is 16.8. The quantitative estimate of drug-likeness (QED) is 0.168. The van der Waals surface area contributed by atoms with E-state index in [-0.39, 0.29) is 5.92 Å². The Morgan fingerprint density at radius 1 is 0.483 bits per heavy atom. The molecule has 1 heterocycles. The fourth-order valence-electron chi connectivity index (χ4n) is 11.1. The van der Waals surface area contributed by atoms with Crippen molar-refractivity contribution in [2.75, 3.05) is 0 Å². The first kappa shape index (κ1) is 33.5. The van der Waals surface area contributed by atoms with E-state index in [4.69, 9.17) is 9.97 Å². The second-order valence-corrected chi connectivity index (χ2v) is 16.8. The van der Waals surface area contributed by atoms with Crippen LogP contribution in [0.1, 0.15) is 51.5 Å². The van der Waals surface area contributed by atoms with Gasteiger partial charge in [0.05, 0.1) is 16.6 Å². The number of aryl methyl sites for hydroxylation is 1. The SMILES string of the molecule is Cc1ccc2c(c1)[C@]1(c3ccccc3-2)c2cc(C3=CCC(c4nc(-c5ccccc5)c5ccccc5n4)C=C3)c3ccccc3c2-c2c1c1ccccc1c1ccccc21. The van der Waals surface area contributed by atoms with E-state index in [0.29, 0.717) is 0 Å². The van der Waals surface area contributed by atoms with Gasteiger partial charge in [-0.1, -0.05) is 188 Å². The molecule has 0 bridgehead atoms. The van der Waals surface area contributed by atoms with Crippen molar-refractivity contribution in [2.45, 2.75) is 24.7 Å². The largest absolute Gasteiger partial charge is 0.232 e. The minimum absolute atomic E-state index is 0.0615. The topological polar surface area (TPSA) is 25.8 Å². The van der Waals surface area contributed by atoms with Gasteiger partial charge in [-0.3, -0.25) is 0 Å². The van der Waals surface area contributed by atoms with Crippen LogP contribution >= 0.6 is 0 Å². The van der Waals surface area contributed by atoms with Crippen LogP contribution in [0.5, 0.6) is 0 Å². The van der Waals surface area contributed by atoms with Crippen molar-refractivity contribution in [3.63, 3.8) is 0 Å². The maximum absolute atomic E-state index is 5.27. The molecule has 0 amide bonds. The highest BCUT2D eigenvalue weighted by Gasteiger charge is 2.53. The number of hydrogen-bond acceptors (Lipinski definition) is 2. The lowest BCUT2D eigenvalue weighted by Crippen LogP contribution is -2.26. The Balaban J connectivity index is 1.07. The molecule has 60 heavy (non-hydrogen) atoms. The first-order chi connectivity index (χ1) is 29.7. The van der Waals surface area contributed by atoms with Gasteiger partial charge in [0.15, 0.2) is 0 Å². The molecular formula is C58H38N2. The van der Waals surface area contributed by atoms with Gasteiger partial charge in [0.25, 0.3) is 0 Å². The van der Waals surface area contributed by atoms with E-state index in [2.05, 4.69) is 201 Å². The highest BCUT2D eigenvalue weighted by atomic mass is 14.9. The van der Waals surface area contributed by atoms with E-state index >= 15 is 0 Å². The van der Waals surface area contributed by atoms with Gasteiger partial charge in [0, 0.05) is 16.9 Å². The number of allylic oxidation sites excluding steroid dienone is 4. The molecule has 0 aliphatic heterocycles. The molecule has 0 saturated carbocycles. The normalized spacial score (nSPS) is 17.3. The molecule has 0 radical (unpaired) electrons. The van der Waals surface area contributed by atoms with Gasteiger partial charge in [0.1, 0.15) is 5.82 Å². The van der Waals surface area contributed by atoms with Crippen molar-refractivity contribution < 1.29 is 0 Å². The van der Waals surface area contributed by atoms with Crippen molar-refractivity contribution in [3.05, 3.63) is 233 Å². The third-order valence-corrected chi connectivity index (χ3v) is 13.6. The fourth-order valence-corrected chi connectivity index (χ4v) is 11.1. The first-order valence-corrected chi connectivity index (χ1v) is 21.1. The summed E-state index contributed by atoms with van der Waals surface area (Å²) in [6.45, 7) is 2.24. The molecule has 1 spiro atoms. The maximum Gasteiger partial charge on any atom is 0.136 e. The lowest BCUT2D eigenvalue weighted by Gasteiger charge is -2.32. The minimum Gasteiger partial charge on any atom is -0.232 e. The number of para-hydroxylation sites is 1. The van der Waals surface area contributed by atoms with Crippen LogP contribution in [0.3, 0.4) is 0 Å². The van der Waals surface area contributed by atoms with E-state index in [9.17, 15) is 0 Å². The molecular weight excluding hydrogens is 725 g/mol. The van der Waals surface area contributed by atoms with Gasteiger partial charge in [-0.15, -0.1) is 0 Å². The van der Waals surface area contributed by atoms with Gasteiger partial charge in [0.2, 0.25) is 0 Å². The molecule has 13 rings (SSSR count). The molecule has 3 aliphatic rings. The lowest BCUT2D eigenvalue weighted by molar-refractivity contribution is 0.783. The van der Waals surface area contributed by atoms with Crippen LogP contribution in [0.15, 0.2) is 194 Å². The van der Waals surface area contributed by atoms with Crippen molar-refractivity contribution in [1.29, 1.82) is 0 Å². The molecule has 1 aromatic heterocycles. The summed E-state index contributed by atoms with van der Waals surface area (Å²) in [7, 11) is 0. The molecule has 3 aliphatic carbocycles. The van der Waals surface area contributed by atoms with Crippen LogP contribution < -0.4 is 0 Å². The third-order valence-electron chi connectivity index (χ3n) is 13.6. The van der Waals surface area contributed by atoms with Gasteiger partial charge in [-0.2, -0.15) is 0 Å². The van der Waals surface area contributed by atoms with Crippen LogP contribution in [0.2, 0.25) is 0 Å². The molecule has 0 saturated heterocycles. The summed E-state index contributed by atoms with van der Waals surface area (Å²) in [6, 6.07) is 65.1. The van der Waals surface area contributed by atoms with Gasteiger partial charge < -0.3 is 0 Å². The zero-order chi connectivity index (χ0) is 39.5. The van der Waals surface area contributed by atoms with E-state index in [1.165, 1.54) is 93.5 Å². The standard InChI is InChI=1S/C58H38N2/c1-35-27-32-43-42-20-11-13-25-49(42)58(50(43)33-35)51-34-48(36-28-30-38(31-29-36)57-59-52-26-14-12-24-47(52)56(60-57)37-15-3-2-4-16-37)41-19-6-8-21-44(41)53(51)54-45-22-9-5-17-39(45)40-18-7-10-23-46(40)55(54)58/h2-30,32-34,38H,31H2,1H3/t38?,58-/m1/s1. The van der Waals surface area contributed by atoms with Crippen LogP contribution in [-0.2, 0) is 5.41 Å². The van der Waals surface area contributed by atoms with E-state index in [1.54, 1.807) is 0 Å². The summed E-state index contributed by atoms with van der Waals surface area (Å²) in [5.41, 5.74) is 17.2. The number of nitrogens with zero attached hydrogens (tertiary/aromatic N) is 2. The van der Waals surface area contributed by atoms with E-state index in [1.807, 2.05) is 0 Å². The average Bonchev–Trinajstić information content (AvgIpc) is 3.79. The average molecular weight is 763 g/mol. The molecule has 0 fully saturated rings. The molecule has 10 aromatic rings. The van der Waals surface area contributed by atoms with Crippen LogP contribution in [-0.4, -0.2) is 9.97 Å². The molecule has 2 heteroatoms. The summed E-state index contributed by atoms with van der Waals surface area (Å²) in [5.74, 6) is 0.923. The van der Waals surface area contributed by atoms with E-state index < -0.39 is 5.41 Å². The lowest BCUT2D eigenvalue weighted by atomic mass is 9.68. The number of hydrogen-bond donors (Lipinski definition) is 0. The Morgan fingerprint density at radius 3 is 1.90 bits per heavy atom. The number of benzene rings is 9. The first-order valence-electron chi connectivity index (χ1n) is 21.1. The Morgan fingerprint density at radius 2 is 1.12 bits per heavy atom. The third kappa shape index (κ3) is 4.48. The smallest absolute Gasteiger partial charge is 0.136 e. The Bertz CT molecular complexity index is 3540. The fraction of sp³-hybridized carbons (Fsp3) is 0.0690. The highest BCUT2D eigenvalue weighted by molar-refractivity contribution is 6.23. The summed E-state index contributed by atoms with van der Waals surface area (Å²) in [5, 5.41) is 8.88. The van der Waals surface area contributed by atoms with Crippen LogP contribution in [0.4, 0.5) is 0 Å². The van der Waals surface area contributed by atoms with Gasteiger partial charge in [-0.05, 0) is 113 Å². The summed E-state index contributed by atoms with van der Waals surface area (Å²) >= 11 is 0. The molecule has 2 atom stereocenters. The van der Waals surface area contributed by atoms with Crippen LogP contribution in [0, 0.1) is 6.92 Å². The number of rotatable bonds is 3. The zero-order valence-corrected chi connectivity index (χ0v) is 33.2. The van der Waals surface area contributed by atoms with E-state index in [0.717, 1.165) is 34.4 Å². The van der Waals surface area contributed by atoms with Gasteiger partial charge in [-0.25, -0.2) is 9.97 Å².